The van der Waals surface area contributed by atoms with Crippen molar-refractivity contribution >= 4 is 5.78 Å². The standard InChI is InChI=1S/C17H18O2/c1-12(18)13-4-6-14(7-5-13)17(2,3)15-8-10-16(19)11-9-15/h4-11,19H,1-3H3. The lowest BCUT2D eigenvalue weighted by molar-refractivity contribution is 0.101. The molecule has 0 aliphatic carbocycles. The van der Waals surface area contributed by atoms with E-state index in [1.807, 2.05) is 36.4 Å². The fourth-order valence-corrected chi connectivity index (χ4v) is 2.17. The monoisotopic (exact) mass is 254 g/mol. The minimum Gasteiger partial charge on any atom is -0.508 e. The smallest absolute Gasteiger partial charge is 0.159 e. The maximum atomic E-state index is 11.3. The van der Waals surface area contributed by atoms with Gasteiger partial charge < -0.3 is 5.11 Å². The highest BCUT2D eigenvalue weighted by Gasteiger charge is 2.23. The van der Waals surface area contributed by atoms with Crippen LogP contribution in [0.5, 0.6) is 5.75 Å². The van der Waals surface area contributed by atoms with Crippen molar-refractivity contribution in [2.45, 2.75) is 26.2 Å². The third kappa shape index (κ3) is 2.68. The van der Waals surface area contributed by atoms with Gasteiger partial charge >= 0.3 is 0 Å². The van der Waals surface area contributed by atoms with Gasteiger partial charge in [0.15, 0.2) is 5.78 Å². The maximum absolute atomic E-state index is 11.3. The molecular formula is C17H18O2. The Bertz CT molecular complexity index is 578. The van der Waals surface area contributed by atoms with Crippen LogP contribution < -0.4 is 0 Å². The number of Topliss-reactive ketones (excluding diaryl/α,β-unsaturated/α-hetero) is 1. The number of ketones is 1. The number of carbonyl (C=O) groups is 1. The van der Waals surface area contributed by atoms with E-state index >= 15 is 0 Å². The molecule has 1 N–H and O–H groups in total. The zero-order valence-electron chi connectivity index (χ0n) is 11.5. The van der Waals surface area contributed by atoms with Gasteiger partial charge in [-0.05, 0) is 30.2 Å². The summed E-state index contributed by atoms with van der Waals surface area (Å²) in [5.41, 5.74) is 2.83. The molecule has 0 aromatic heterocycles. The predicted octanol–water partition coefficient (Wildman–Crippen LogP) is 3.92. The summed E-state index contributed by atoms with van der Waals surface area (Å²) in [6.07, 6.45) is 0. The summed E-state index contributed by atoms with van der Waals surface area (Å²) in [5.74, 6) is 0.348. The van der Waals surface area contributed by atoms with E-state index in [0.29, 0.717) is 0 Å². The number of hydrogen-bond acceptors (Lipinski definition) is 2. The molecule has 2 aromatic rings. The van der Waals surface area contributed by atoms with E-state index in [-0.39, 0.29) is 16.9 Å². The van der Waals surface area contributed by atoms with E-state index in [1.54, 1.807) is 19.1 Å². The zero-order valence-corrected chi connectivity index (χ0v) is 11.5. The van der Waals surface area contributed by atoms with Crippen LogP contribution >= 0.6 is 0 Å². The van der Waals surface area contributed by atoms with Gasteiger partial charge in [0.2, 0.25) is 0 Å². The van der Waals surface area contributed by atoms with Crippen molar-refractivity contribution in [3.8, 4) is 5.75 Å². The summed E-state index contributed by atoms with van der Waals surface area (Å²) in [6, 6.07) is 14.9. The van der Waals surface area contributed by atoms with Gasteiger partial charge in [0.25, 0.3) is 0 Å². The Morgan fingerprint density at radius 1 is 0.895 bits per heavy atom. The summed E-state index contributed by atoms with van der Waals surface area (Å²) in [6.45, 7) is 5.82. The molecule has 0 aliphatic heterocycles. The molecule has 0 aliphatic rings. The first-order valence-electron chi connectivity index (χ1n) is 6.32. The molecule has 0 unspecified atom stereocenters. The van der Waals surface area contributed by atoms with Crippen molar-refractivity contribution in [2.75, 3.05) is 0 Å². The second-order valence-electron chi connectivity index (χ2n) is 5.31. The van der Waals surface area contributed by atoms with Gasteiger partial charge in [-0.1, -0.05) is 50.2 Å². The lowest BCUT2D eigenvalue weighted by atomic mass is 9.78. The van der Waals surface area contributed by atoms with Crippen LogP contribution in [0.15, 0.2) is 48.5 Å². The third-order valence-corrected chi connectivity index (χ3v) is 3.60. The maximum Gasteiger partial charge on any atom is 0.159 e. The molecule has 0 amide bonds. The van der Waals surface area contributed by atoms with Crippen LogP contribution in [0.4, 0.5) is 0 Å². The Hall–Kier alpha value is -2.09. The van der Waals surface area contributed by atoms with E-state index < -0.39 is 0 Å². The molecular weight excluding hydrogens is 236 g/mol. The number of rotatable bonds is 3. The van der Waals surface area contributed by atoms with E-state index in [0.717, 1.165) is 16.7 Å². The topological polar surface area (TPSA) is 37.3 Å². The quantitative estimate of drug-likeness (QED) is 0.843. The van der Waals surface area contributed by atoms with Crippen molar-refractivity contribution < 1.29 is 9.90 Å². The highest BCUT2D eigenvalue weighted by molar-refractivity contribution is 5.94. The number of benzene rings is 2. The highest BCUT2D eigenvalue weighted by atomic mass is 16.3. The van der Waals surface area contributed by atoms with Gasteiger partial charge in [0.1, 0.15) is 5.75 Å². The number of aromatic hydroxyl groups is 1. The molecule has 2 aromatic carbocycles. The van der Waals surface area contributed by atoms with Gasteiger partial charge in [0, 0.05) is 11.0 Å². The van der Waals surface area contributed by atoms with Crippen molar-refractivity contribution in [1.29, 1.82) is 0 Å². The van der Waals surface area contributed by atoms with Crippen LogP contribution in [0.1, 0.15) is 42.3 Å². The summed E-state index contributed by atoms with van der Waals surface area (Å²) in [5, 5.41) is 9.35. The van der Waals surface area contributed by atoms with Crippen LogP contribution in [-0.2, 0) is 5.41 Å². The van der Waals surface area contributed by atoms with Gasteiger partial charge in [-0.2, -0.15) is 0 Å². The van der Waals surface area contributed by atoms with Gasteiger partial charge in [0.05, 0.1) is 0 Å². The van der Waals surface area contributed by atoms with Crippen molar-refractivity contribution in [2.24, 2.45) is 0 Å². The Morgan fingerprint density at radius 2 is 1.32 bits per heavy atom. The minimum atomic E-state index is -0.164. The van der Waals surface area contributed by atoms with Gasteiger partial charge in [-0.15, -0.1) is 0 Å². The zero-order chi connectivity index (χ0) is 14.0. The number of hydrogen-bond donors (Lipinski definition) is 1. The summed E-state index contributed by atoms with van der Waals surface area (Å²) < 4.78 is 0. The first-order chi connectivity index (χ1) is 8.91. The largest absolute Gasteiger partial charge is 0.508 e. The van der Waals surface area contributed by atoms with Crippen molar-refractivity contribution in [1.82, 2.24) is 0 Å². The summed E-state index contributed by atoms with van der Waals surface area (Å²) in [7, 11) is 0. The second-order valence-corrected chi connectivity index (χ2v) is 5.31. The molecule has 98 valence electrons. The van der Waals surface area contributed by atoms with Crippen molar-refractivity contribution in [3.63, 3.8) is 0 Å². The average Bonchev–Trinajstić information content (AvgIpc) is 2.39. The second kappa shape index (κ2) is 4.88. The lowest BCUT2D eigenvalue weighted by Crippen LogP contribution is -2.18. The molecule has 19 heavy (non-hydrogen) atoms. The summed E-state index contributed by atoms with van der Waals surface area (Å²) >= 11 is 0. The van der Waals surface area contributed by atoms with Crippen LogP contribution in [0.2, 0.25) is 0 Å². The minimum absolute atomic E-state index is 0.0778. The molecule has 2 nitrogen and oxygen atoms in total. The predicted molar refractivity (Wildman–Crippen MR) is 76.7 cm³/mol. The Kier molecular flexibility index (Phi) is 3.43. The van der Waals surface area contributed by atoms with E-state index in [2.05, 4.69) is 13.8 Å². The van der Waals surface area contributed by atoms with Crippen molar-refractivity contribution in [3.05, 3.63) is 65.2 Å². The molecule has 0 saturated carbocycles. The van der Waals surface area contributed by atoms with Crippen LogP contribution in [0, 0.1) is 0 Å². The molecule has 0 radical (unpaired) electrons. The van der Waals surface area contributed by atoms with Gasteiger partial charge in [-0.25, -0.2) is 0 Å². The molecule has 0 bridgehead atoms. The molecule has 2 heteroatoms. The van der Waals surface area contributed by atoms with Crippen LogP contribution in [0.3, 0.4) is 0 Å². The Morgan fingerprint density at radius 3 is 1.74 bits per heavy atom. The molecule has 0 spiro atoms. The third-order valence-electron chi connectivity index (χ3n) is 3.60. The number of phenolic OH excluding ortho intramolecular Hbond substituents is 1. The van der Waals surface area contributed by atoms with E-state index in [9.17, 15) is 9.90 Å². The average molecular weight is 254 g/mol. The highest BCUT2D eigenvalue weighted by Crippen LogP contribution is 2.32. The fourth-order valence-electron chi connectivity index (χ4n) is 2.17. The first kappa shape index (κ1) is 13.3. The molecule has 0 saturated heterocycles. The SMILES string of the molecule is CC(=O)c1ccc(C(C)(C)c2ccc(O)cc2)cc1. The molecule has 0 fully saturated rings. The molecule has 0 atom stereocenters. The summed E-state index contributed by atoms with van der Waals surface area (Å²) in [4.78, 5) is 11.3. The lowest BCUT2D eigenvalue weighted by Gasteiger charge is -2.26. The molecule has 0 heterocycles. The van der Waals surface area contributed by atoms with Crippen LogP contribution in [0.25, 0.3) is 0 Å². The normalized spacial score (nSPS) is 11.3. The first-order valence-corrected chi connectivity index (χ1v) is 6.32. The number of carbonyl (C=O) groups excluding carboxylic acids is 1. The number of phenols is 1. The molecule has 2 rings (SSSR count). The van der Waals surface area contributed by atoms with E-state index in [1.165, 1.54) is 0 Å². The van der Waals surface area contributed by atoms with Gasteiger partial charge in [-0.3, -0.25) is 4.79 Å². The van der Waals surface area contributed by atoms with Crippen LogP contribution in [-0.4, -0.2) is 10.9 Å². The Balaban J connectivity index is 2.38. The van der Waals surface area contributed by atoms with E-state index in [4.69, 9.17) is 0 Å². The Labute approximate surface area is 113 Å². The fraction of sp³-hybridized carbons (Fsp3) is 0.235.